The summed E-state index contributed by atoms with van der Waals surface area (Å²) in [4.78, 5) is 17.6. The number of para-hydroxylation sites is 1. The number of H-pyrrole nitrogens is 1. The number of thiophene rings is 2. The molecule has 2 N–H and O–H groups in total. The van der Waals surface area contributed by atoms with Crippen molar-refractivity contribution in [1.29, 1.82) is 0 Å². The molecule has 0 bridgehead atoms. The maximum atomic E-state index is 12.4. The van der Waals surface area contributed by atoms with Crippen molar-refractivity contribution in [2.75, 3.05) is 6.54 Å². The Morgan fingerprint density at radius 2 is 2.04 bits per heavy atom. The molecule has 1 unspecified atom stereocenters. The van der Waals surface area contributed by atoms with Crippen LogP contribution in [0.4, 0.5) is 0 Å². The number of aromatic amines is 1. The van der Waals surface area contributed by atoms with Crippen molar-refractivity contribution in [1.82, 2.24) is 10.3 Å². The predicted molar refractivity (Wildman–Crippen MR) is 106 cm³/mol. The van der Waals surface area contributed by atoms with Gasteiger partial charge in [-0.2, -0.15) is 0 Å². The van der Waals surface area contributed by atoms with E-state index in [0.29, 0.717) is 15.8 Å². The lowest BCUT2D eigenvalue weighted by Crippen LogP contribution is -2.28. The van der Waals surface area contributed by atoms with E-state index in [1.54, 1.807) is 23.5 Å². The number of nitrogens with one attached hydrogen (secondary N) is 2. The molecule has 0 aliphatic carbocycles. The van der Waals surface area contributed by atoms with Crippen LogP contribution in [0.5, 0.6) is 0 Å². The minimum atomic E-state index is -0.0849. The molecule has 6 heteroatoms. The zero-order chi connectivity index (χ0) is 17.2. The first kappa shape index (κ1) is 16.4. The number of hydrogen-bond donors (Lipinski definition) is 2. The molecule has 25 heavy (non-hydrogen) atoms. The van der Waals surface area contributed by atoms with E-state index in [1.165, 1.54) is 27.2 Å². The van der Waals surface area contributed by atoms with E-state index in [9.17, 15) is 4.79 Å². The molecule has 0 fully saturated rings. The van der Waals surface area contributed by atoms with Gasteiger partial charge >= 0.3 is 0 Å². The number of aromatic nitrogens is 1. The second-order valence-electron chi connectivity index (χ2n) is 5.67. The Bertz CT molecular complexity index is 1000. The first-order valence-corrected chi connectivity index (χ1v) is 9.93. The minimum Gasteiger partial charge on any atom is -0.361 e. The molecule has 1 amide bonds. The van der Waals surface area contributed by atoms with Crippen LogP contribution >= 0.6 is 34.3 Å². The van der Waals surface area contributed by atoms with Crippen LogP contribution < -0.4 is 5.32 Å². The Kier molecular flexibility index (Phi) is 4.61. The molecule has 3 nitrogen and oxygen atoms in total. The van der Waals surface area contributed by atoms with Crippen LogP contribution in [0.2, 0.25) is 4.34 Å². The molecule has 3 aromatic heterocycles. The maximum Gasteiger partial charge on any atom is 0.261 e. The highest BCUT2D eigenvalue weighted by Gasteiger charge is 2.20. The molecule has 0 saturated heterocycles. The molecule has 126 valence electrons. The fourth-order valence-electron chi connectivity index (χ4n) is 2.95. The van der Waals surface area contributed by atoms with Gasteiger partial charge in [0, 0.05) is 34.4 Å². The van der Waals surface area contributed by atoms with Gasteiger partial charge in [0.15, 0.2) is 0 Å². The van der Waals surface area contributed by atoms with Gasteiger partial charge < -0.3 is 10.3 Å². The topological polar surface area (TPSA) is 44.9 Å². The monoisotopic (exact) mass is 386 g/mol. The highest BCUT2D eigenvalue weighted by Crippen LogP contribution is 2.33. The van der Waals surface area contributed by atoms with Crippen molar-refractivity contribution < 1.29 is 4.79 Å². The lowest BCUT2D eigenvalue weighted by molar-refractivity contribution is 0.0956. The van der Waals surface area contributed by atoms with E-state index >= 15 is 0 Å². The Morgan fingerprint density at radius 3 is 2.80 bits per heavy atom. The third kappa shape index (κ3) is 3.35. The quantitative estimate of drug-likeness (QED) is 0.467. The number of benzene rings is 1. The third-order valence-electron chi connectivity index (χ3n) is 4.15. The van der Waals surface area contributed by atoms with E-state index < -0.39 is 0 Å². The van der Waals surface area contributed by atoms with Crippen molar-refractivity contribution in [3.63, 3.8) is 0 Å². The van der Waals surface area contributed by atoms with Crippen LogP contribution in [0, 0.1) is 0 Å². The van der Waals surface area contributed by atoms with Crippen molar-refractivity contribution >= 4 is 51.1 Å². The lowest BCUT2D eigenvalue weighted by atomic mass is 9.96. The van der Waals surface area contributed by atoms with Gasteiger partial charge in [-0.3, -0.25) is 4.79 Å². The molecule has 0 spiro atoms. The van der Waals surface area contributed by atoms with E-state index in [-0.39, 0.29) is 11.8 Å². The largest absolute Gasteiger partial charge is 0.361 e. The Hall–Kier alpha value is -2.08. The van der Waals surface area contributed by atoms with Gasteiger partial charge in [0.25, 0.3) is 5.91 Å². The number of rotatable bonds is 5. The fourth-order valence-corrected chi connectivity index (χ4v) is 4.76. The number of carbonyl (C=O) groups excluding carboxylic acids is 1. The van der Waals surface area contributed by atoms with Gasteiger partial charge in [-0.25, -0.2) is 0 Å². The second kappa shape index (κ2) is 7.04. The van der Waals surface area contributed by atoms with E-state index in [1.807, 2.05) is 24.4 Å². The SMILES string of the molecule is O=C(NCC(c1cccs1)c1c[nH]c2ccccc12)c1ccc(Cl)s1. The highest BCUT2D eigenvalue weighted by molar-refractivity contribution is 7.18. The van der Waals surface area contributed by atoms with E-state index in [4.69, 9.17) is 11.6 Å². The third-order valence-corrected chi connectivity index (χ3v) is 6.36. The Balaban J connectivity index is 1.62. The molecule has 4 aromatic rings. The fraction of sp³-hybridized carbons (Fsp3) is 0.105. The average Bonchev–Trinajstić information content (AvgIpc) is 3.36. The number of hydrogen-bond acceptors (Lipinski definition) is 3. The Morgan fingerprint density at radius 1 is 1.16 bits per heavy atom. The molecule has 0 radical (unpaired) electrons. The average molecular weight is 387 g/mol. The van der Waals surface area contributed by atoms with Crippen LogP contribution in [-0.4, -0.2) is 17.4 Å². The summed E-state index contributed by atoms with van der Waals surface area (Å²) in [6.07, 6.45) is 2.04. The molecule has 0 saturated carbocycles. The zero-order valence-electron chi connectivity index (χ0n) is 13.2. The van der Waals surface area contributed by atoms with Crippen molar-refractivity contribution in [3.05, 3.63) is 79.8 Å². The second-order valence-corrected chi connectivity index (χ2v) is 8.37. The van der Waals surface area contributed by atoms with E-state index in [2.05, 4.69) is 33.9 Å². The predicted octanol–water partition coefficient (Wildman–Crippen LogP) is 5.51. The zero-order valence-corrected chi connectivity index (χ0v) is 15.5. The summed E-state index contributed by atoms with van der Waals surface area (Å²) in [5.41, 5.74) is 2.30. The standard InChI is InChI=1S/C19H15ClN2OS2/c20-18-8-7-17(25-18)19(23)22-11-14(16-6-3-9-24-16)13-10-21-15-5-2-1-4-12(13)15/h1-10,14,21H,11H2,(H,22,23). The lowest BCUT2D eigenvalue weighted by Gasteiger charge is -2.16. The summed E-state index contributed by atoms with van der Waals surface area (Å²) in [6, 6.07) is 15.9. The maximum absolute atomic E-state index is 12.4. The van der Waals surface area contributed by atoms with Gasteiger partial charge in [-0.15, -0.1) is 22.7 Å². The Labute approximate surface area is 158 Å². The van der Waals surface area contributed by atoms with Crippen molar-refractivity contribution in [2.45, 2.75) is 5.92 Å². The summed E-state index contributed by atoms with van der Waals surface area (Å²) in [7, 11) is 0. The van der Waals surface area contributed by atoms with Crippen LogP contribution in [0.3, 0.4) is 0 Å². The molecule has 0 aliphatic heterocycles. The molecule has 0 aliphatic rings. The van der Waals surface area contributed by atoms with Crippen molar-refractivity contribution in [3.8, 4) is 0 Å². The first-order chi connectivity index (χ1) is 12.2. The van der Waals surface area contributed by atoms with Crippen LogP contribution in [0.1, 0.15) is 26.0 Å². The highest BCUT2D eigenvalue weighted by atomic mass is 35.5. The van der Waals surface area contributed by atoms with Crippen LogP contribution in [0.15, 0.2) is 60.1 Å². The number of carbonyl (C=O) groups is 1. The van der Waals surface area contributed by atoms with Gasteiger partial charge in [0.05, 0.1) is 9.21 Å². The van der Waals surface area contributed by atoms with Crippen LogP contribution in [0.25, 0.3) is 10.9 Å². The first-order valence-electron chi connectivity index (χ1n) is 7.85. The van der Waals surface area contributed by atoms with Gasteiger partial charge in [-0.05, 0) is 35.2 Å². The molecular weight excluding hydrogens is 372 g/mol. The summed E-state index contributed by atoms with van der Waals surface area (Å²) < 4.78 is 0.622. The van der Waals surface area contributed by atoms with E-state index in [0.717, 1.165) is 5.52 Å². The summed E-state index contributed by atoms with van der Waals surface area (Å²) in [5, 5.41) is 6.32. The molecule has 3 heterocycles. The number of halogens is 1. The molecular formula is C19H15ClN2OS2. The molecule has 1 atom stereocenters. The summed E-state index contributed by atoms with van der Waals surface area (Å²) in [5.74, 6) is 0.0221. The molecule has 1 aromatic carbocycles. The van der Waals surface area contributed by atoms with Gasteiger partial charge in [0.2, 0.25) is 0 Å². The number of amides is 1. The van der Waals surface area contributed by atoms with Crippen LogP contribution in [-0.2, 0) is 0 Å². The van der Waals surface area contributed by atoms with Gasteiger partial charge in [-0.1, -0.05) is 35.9 Å². The summed E-state index contributed by atoms with van der Waals surface area (Å²) in [6.45, 7) is 0.538. The van der Waals surface area contributed by atoms with Crippen molar-refractivity contribution in [2.24, 2.45) is 0 Å². The number of fused-ring (bicyclic) bond motifs is 1. The normalized spacial score (nSPS) is 12.4. The summed E-state index contributed by atoms with van der Waals surface area (Å²) >= 11 is 8.93. The van der Waals surface area contributed by atoms with Gasteiger partial charge in [0.1, 0.15) is 0 Å². The molecule has 4 rings (SSSR count). The minimum absolute atomic E-state index is 0.0849. The smallest absolute Gasteiger partial charge is 0.261 e.